The van der Waals surface area contributed by atoms with Crippen molar-refractivity contribution in [3.8, 4) is 5.88 Å². The first-order valence-corrected chi connectivity index (χ1v) is 8.08. The number of pyridine rings is 2. The summed E-state index contributed by atoms with van der Waals surface area (Å²) in [7, 11) is -2.16. The SMILES string of the molecule is [2H]C([2H])([2H])Sc1cc2ncc(COS(C)(=O)=O)cc2nc1OC. The number of methoxy groups -OCH3 is 1. The second-order valence-electron chi connectivity index (χ2n) is 3.95. The van der Waals surface area contributed by atoms with E-state index in [0.717, 1.165) is 6.26 Å². The number of fused-ring (bicyclic) bond motifs is 1. The van der Waals surface area contributed by atoms with Crippen molar-refractivity contribution in [2.24, 2.45) is 0 Å². The van der Waals surface area contributed by atoms with Crippen LogP contribution in [0.3, 0.4) is 0 Å². The average molecular weight is 317 g/mol. The Hall–Kier alpha value is -1.38. The molecule has 0 radical (unpaired) electrons. The van der Waals surface area contributed by atoms with Crippen LogP contribution in [0.15, 0.2) is 23.2 Å². The first kappa shape index (κ1) is 11.3. The van der Waals surface area contributed by atoms with Gasteiger partial charge in [0.05, 0.1) is 35.9 Å². The molecule has 8 heteroatoms. The molecule has 2 aromatic heterocycles. The molecule has 0 unspecified atom stereocenters. The summed E-state index contributed by atoms with van der Waals surface area (Å²) in [6.45, 7) is -0.155. The summed E-state index contributed by atoms with van der Waals surface area (Å²) in [5.74, 6) is 0.168. The highest BCUT2D eigenvalue weighted by molar-refractivity contribution is 7.98. The molecule has 2 heterocycles. The Morgan fingerprint density at radius 1 is 1.40 bits per heavy atom. The first-order chi connectivity index (χ1) is 10.6. The van der Waals surface area contributed by atoms with Crippen LogP contribution in [0.1, 0.15) is 9.68 Å². The molecular weight excluding hydrogens is 300 g/mol. The Morgan fingerprint density at radius 2 is 2.20 bits per heavy atom. The van der Waals surface area contributed by atoms with Crippen LogP contribution >= 0.6 is 11.8 Å². The van der Waals surface area contributed by atoms with E-state index in [4.69, 9.17) is 13.0 Å². The maximum absolute atomic E-state index is 11.0. The maximum atomic E-state index is 11.0. The molecule has 20 heavy (non-hydrogen) atoms. The second-order valence-corrected chi connectivity index (χ2v) is 6.23. The van der Waals surface area contributed by atoms with Gasteiger partial charge in [0.15, 0.2) is 0 Å². The molecule has 0 fully saturated rings. The van der Waals surface area contributed by atoms with E-state index in [1.54, 1.807) is 12.1 Å². The van der Waals surface area contributed by atoms with Gasteiger partial charge < -0.3 is 4.74 Å². The van der Waals surface area contributed by atoms with Crippen molar-refractivity contribution < 1.29 is 21.5 Å². The molecule has 0 N–H and O–H groups in total. The van der Waals surface area contributed by atoms with Gasteiger partial charge in [-0.2, -0.15) is 8.42 Å². The molecule has 0 aliphatic carbocycles. The van der Waals surface area contributed by atoms with Crippen LogP contribution in [0.25, 0.3) is 11.0 Å². The number of ether oxygens (including phenoxy) is 1. The Morgan fingerprint density at radius 3 is 2.85 bits per heavy atom. The normalized spacial score (nSPS) is 14.6. The Labute approximate surface area is 125 Å². The summed E-state index contributed by atoms with van der Waals surface area (Å²) >= 11 is 0.653. The number of hydrogen-bond acceptors (Lipinski definition) is 7. The molecule has 0 aliphatic rings. The van der Waals surface area contributed by atoms with Crippen LogP contribution in [-0.2, 0) is 20.9 Å². The second kappa shape index (κ2) is 5.94. The smallest absolute Gasteiger partial charge is 0.264 e. The van der Waals surface area contributed by atoms with Gasteiger partial charge in [0.2, 0.25) is 5.88 Å². The van der Waals surface area contributed by atoms with E-state index in [2.05, 4.69) is 9.97 Å². The molecule has 2 aromatic rings. The summed E-state index contributed by atoms with van der Waals surface area (Å²) in [5, 5.41) is 0. The fourth-order valence-electron chi connectivity index (χ4n) is 1.53. The highest BCUT2D eigenvalue weighted by Gasteiger charge is 2.09. The number of rotatable bonds is 5. The molecule has 0 aromatic carbocycles. The molecular formula is C12H14N2O4S2. The molecule has 108 valence electrons. The van der Waals surface area contributed by atoms with Crippen LogP contribution in [0.4, 0.5) is 0 Å². The lowest BCUT2D eigenvalue weighted by Gasteiger charge is -2.08. The molecule has 0 saturated heterocycles. The van der Waals surface area contributed by atoms with Crippen LogP contribution in [0.2, 0.25) is 0 Å². The van der Waals surface area contributed by atoms with Crippen molar-refractivity contribution in [3.63, 3.8) is 0 Å². The van der Waals surface area contributed by atoms with Crippen molar-refractivity contribution >= 4 is 32.9 Å². The highest BCUT2D eigenvalue weighted by atomic mass is 32.2. The van der Waals surface area contributed by atoms with Gasteiger partial charge in [0.25, 0.3) is 10.1 Å². The quantitative estimate of drug-likeness (QED) is 0.615. The summed E-state index contributed by atoms with van der Waals surface area (Å²) in [5.41, 5.74) is 1.45. The van der Waals surface area contributed by atoms with E-state index < -0.39 is 16.3 Å². The molecule has 6 nitrogen and oxygen atoms in total. The van der Waals surface area contributed by atoms with Crippen molar-refractivity contribution in [3.05, 3.63) is 23.9 Å². The summed E-state index contributed by atoms with van der Waals surface area (Å²) in [6, 6.07) is 3.18. The topological polar surface area (TPSA) is 78.4 Å². The lowest BCUT2D eigenvalue weighted by molar-refractivity contribution is 0.311. The predicted molar refractivity (Wildman–Crippen MR) is 77.5 cm³/mol. The molecule has 0 aliphatic heterocycles. The van der Waals surface area contributed by atoms with Crippen LogP contribution in [0, 0.1) is 0 Å². The standard InChI is InChI=1S/C12H14N2O4S2/c1-17-12-11(19-2)5-9-10(14-12)4-8(6-13-9)7-18-20(3,15)16/h4-6H,7H2,1-3H3/i2D3. The van der Waals surface area contributed by atoms with Gasteiger partial charge in [-0.25, -0.2) is 4.98 Å². The monoisotopic (exact) mass is 317 g/mol. The molecule has 0 atom stereocenters. The third kappa shape index (κ3) is 3.59. The minimum Gasteiger partial charge on any atom is -0.480 e. The zero-order chi connectivity index (χ0) is 17.3. The first-order valence-electron chi connectivity index (χ1n) is 6.94. The Balaban J connectivity index is 2.38. The van der Waals surface area contributed by atoms with E-state index in [0.29, 0.717) is 33.3 Å². The molecule has 0 saturated carbocycles. The lowest BCUT2D eigenvalue weighted by atomic mass is 10.2. The largest absolute Gasteiger partial charge is 0.480 e. The van der Waals surface area contributed by atoms with Crippen LogP contribution in [0.5, 0.6) is 5.88 Å². The fraction of sp³-hybridized carbons (Fsp3) is 0.333. The van der Waals surface area contributed by atoms with Gasteiger partial charge in [-0.05, 0) is 23.9 Å². The third-order valence-electron chi connectivity index (χ3n) is 2.40. The van der Waals surface area contributed by atoms with E-state index in [9.17, 15) is 8.42 Å². The summed E-state index contributed by atoms with van der Waals surface area (Å²) in [4.78, 5) is 8.73. The van der Waals surface area contributed by atoms with Gasteiger partial charge in [0, 0.05) is 10.3 Å². The van der Waals surface area contributed by atoms with Crippen LogP contribution < -0.4 is 4.74 Å². The average Bonchev–Trinajstić information content (AvgIpc) is 2.42. The zero-order valence-electron chi connectivity index (χ0n) is 13.8. The molecule has 0 bridgehead atoms. The summed E-state index contributed by atoms with van der Waals surface area (Å²) < 4.78 is 53.8. The van der Waals surface area contributed by atoms with Gasteiger partial charge >= 0.3 is 0 Å². The minimum absolute atomic E-state index is 0.155. The van der Waals surface area contributed by atoms with Crippen molar-refractivity contribution in [2.45, 2.75) is 11.5 Å². The third-order valence-corrected chi connectivity index (χ3v) is 3.46. The van der Waals surface area contributed by atoms with Gasteiger partial charge in [-0.15, -0.1) is 11.8 Å². The highest BCUT2D eigenvalue weighted by Crippen LogP contribution is 2.28. The number of aromatic nitrogens is 2. The van der Waals surface area contributed by atoms with Crippen molar-refractivity contribution in [1.82, 2.24) is 9.97 Å². The fourth-order valence-corrected chi connectivity index (χ4v) is 2.27. The number of thioether (sulfide) groups is 1. The van der Waals surface area contributed by atoms with Crippen molar-refractivity contribution in [1.29, 1.82) is 0 Å². The van der Waals surface area contributed by atoms with E-state index >= 15 is 0 Å². The van der Waals surface area contributed by atoms with Gasteiger partial charge in [-0.3, -0.25) is 9.17 Å². The molecule has 0 spiro atoms. The Kier molecular flexibility index (Phi) is 3.36. The summed E-state index contributed by atoms with van der Waals surface area (Å²) in [6.07, 6.45) is 0.179. The van der Waals surface area contributed by atoms with E-state index in [1.165, 1.54) is 13.3 Å². The zero-order valence-corrected chi connectivity index (χ0v) is 12.4. The minimum atomic E-state index is -3.55. The predicted octanol–water partition coefficient (Wildman–Crippen LogP) is 1.84. The van der Waals surface area contributed by atoms with Gasteiger partial charge in [0.1, 0.15) is 0 Å². The molecule has 2 rings (SSSR count). The van der Waals surface area contributed by atoms with Gasteiger partial charge in [-0.1, -0.05) is 0 Å². The van der Waals surface area contributed by atoms with Crippen LogP contribution in [-0.4, -0.2) is 37.9 Å². The maximum Gasteiger partial charge on any atom is 0.264 e. The lowest BCUT2D eigenvalue weighted by Crippen LogP contribution is -2.03. The molecule has 0 amide bonds. The number of nitrogens with zero attached hydrogens (tertiary/aromatic N) is 2. The Bertz CT molecular complexity index is 825. The number of hydrogen-bond donors (Lipinski definition) is 0. The van der Waals surface area contributed by atoms with Crippen molar-refractivity contribution in [2.75, 3.05) is 19.5 Å². The van der Waals surface area contributed by atoms with E-state index in [-0.39, 0.29) is 12.5 Å². The van der Waals surface area contributed by atoms with E-state index in [1.807, 2.05) is 0 Å².